The molecule has 0 fully saturated rings. The van der Waals surface area contributed by atoms with Gasteiger partial charge in [-0.2, -0.15) is 31.6 Å². The summed E-state index contributed by atoms with van der Waals surface area (Å²) < 4.78 is 129. The lowest BCUT2D eigenvalue weighted by molar-refractivity contribution is -0.143. The van der Waals surface area contributed by atoms with Crippen LogP contribution in [0.5, 0.6) is 0 Å². The molecule has 0 aliphatic heterocycles. The summed E-state index contributed by atoms with van der Waals surface area (Å²) in [5.74, 6) is 0. The minimum atomic E-state index is -5.25. The van der Waals surface area contributed by atoms with Crippen molar-refractivity contribution in [1.29, 1.82) is 5.26 Å². The molecule has 0 aliphatic carbocycles. The second-order valence-corrected chi connectivity index (χ2v) is 10.7. The number of benzene rings is 2. The molecule has 0 aliphatic rings. The highest BCUT2D eigenvalue weighted by Crippen LogP contribution is 2.38. The summed E-state index contributed by atoms with van der Waals surface area (Å²) in [6.07, 6.45) is -10.1. The van der Waals surface area contributed by atoms with Crippen LogP contribution in [-0.4, -0.2) is 23.1 Å². The van der Waals surface area contributed by atoms with Crippen molar-refractivity contribution in [3.05, 3.63) is 68.5 Å². The van der Waals surface area contributed by atoms with Crippen molar-refractivity contribution < 1.29 is 43.2 Å². The average Bonchev–Trinajstić information content (AvgIpc) is 2.65. The first-order valence-corrected chi connectivity index (χ1v) is 12.0. The molecule has 2 aromatic rings. The van der Waals surface area contributed by atoms with Crippen LogP contribution in [0.3, 0.4) is 0 Å². The summed E-state index contributed by atoms with van der Waals surface area (Å²) in [6, 6.07) is 5.31. The molecule has 0 unspecified atom stereocenters. The number of nitrogens with one attached hydrogen (secondary N) is 1. The number of halogens is 7. The third kappa shape index (κ3) is 6.18. The Morgan fingerprint density at radius 2 is 1.36 bits per heavy atom. The van der Waals surface area contributed by atoms with Gasteiger partial charge in [-0.1, -0.05) is 11.6 Å². The maximum atomic E-state index is 13.1. The number of nitrogens with zero attached hydrogens (tertiary/aromatic N) is 1. The summed E-state index contributed by atoms with van der Waals surface area (Å²) in [7, 11) is -9.57. The van der Waals surface area contributed by atoms with Gasteiger partial charge in [-0.15, -0.1) is 0 Å². The molecule has 0 radical (unpaired) electrons. The van der Waals surface area contributed by atoms with Gasteiger partial charge in [0.25, 0.3) is 0 Å². The van der Waals surface area contributed by atoms with E-state index in [1.165, 1.54) is 0 Å². The zero-order valence-corrected chi connectivity index (χ0v) is 18.5. The third-order valence-corrected chi connectivity index (χ3v) is 7.07. The number of nitriles is 1. The molecule has 0 bridgehead atoms. The van der Waals surface area contributed by atoms with Crippen molar-refractivity contribution in [2.45, 2.75) is 17.2 Å². The molecule has 2 rings (SSSR count). The molecule has 15 heteroatoms. The van der Waals surface area contributed by atoms with E-state index in [1.807, 2.05) is 0 Å². The Morgan fingerprint density at radius 3 is 1.73 bits per heavy atom. The van der Waals surface area contributed by atoms with E-state index in [0.29, 0.717) is 6.26 Å². The molecular weight excluding hydrogens is 522 g/mol. The number of anilines is 1. The summed E-state index contributed by atoms with van der Waals surface area (Å²) in [5, 5.41) is 9.81. The zero-order valence-electron chi connectivity index (χ0n) is 16.1. The van der Waals surface area contributed by atoms with Gasteiger partial charge < -0.3 is 5.32 Å². The Balaban J connectivity index is 2.81. The predicted molar refractivity (Wildman–Crippen MR) is 106 cm³/mol. The topological polar surface area (TPSA) is 104 Å². The first kappa shape index (κ1) is 26.5. The molecular formula is C18H11ClF6N2O4S2. The molecule has 33 heavy (non-hydrogen) atoms. The first-order chi connectivity index (χ1) is 14.9. The maximum absolute atomic E-state index is 13.1. The summed E-state index contributed by atoms with van der Waals surface area (Å²) in [6.45, 7) is 0. The fourth-order valence-corrected chi connectivity index (χ4v) is 5.18. The minimum Gasteiger partial charge on any atom is -0.344 e. The Hall–Kier alpha value is -2.76. The molecule has 2 aromatic carbocycles. The van der Waals surface area contributed by atoms with E-state index in [9.17, 15) is 48.4 Å². The van der Waals surface area contributed by atoms with Gasteiger partial charge in [-0.25, -0.2) is 16.8 Å². The van der Waals surface area contributed by atoms with Crippen LogP contribution in [0, 0.1) is 11.3 Å². The van der Waals surface area contributed by atoms with Gasteiger partial charge in [-0.3, -0.25) is 0 Å². The van der Waals surface area contributed by atoms with Crippen molar-refractivity contribution in [3.8, 4) is 6.07 Å². The summed E-state index contributed by atoms with van der Waals surface area (Å²) in [4.78, 5) is -2.04. The lowest BCUT2D eigenvalue weighted by Gasteiger charge is -2.17. The number of hydrogen-bond donors (Lipinski definition) is 1. The highest BCUT2D eigenvalue weighted by atomic mass is 35.5. The van der Waals surface area contributed by atoms with Crippen molar-refractivity contribution in [2.75, 3.05) is 11.6 Å². The minimum absolute atomic E-state index is 0.0987. The van der Waals surface area contributed by atoms with Crippen LogP contribution in [-0.2, 0) is 32.0 Å². The summed E-state index contributed by atoms with van der Waals surface area (Å²) >= 11 is 5.66. The van der Waals surface area contributed by atoms with Crippen molar-refractivity contribution >= 4 is 37.0 Å². The molecule has 0 spiro atoms. The van der Waals surface area contributed by atoms with Gasteiger partial charge in [0.15, 0.2) is 19.8 Å². The smallest absolute Gasteiger partial charge is 0.344 e. The zero-order chi connectivity index (χ0) is 25.4. The number of sulfone groups is 2. The molecule has 0 atom stereocenters. The summed E-state index contributed by atoms with van der Waals surface area (Å²) in [5.41, 5.74) is -4.63. The van der Waals surface area contributed by atoms with Gasteiger partial charge in [-0.05, 0) is 42.5 Å². The Morgan fingerprint density at radius 1 is 0.909 bits per heavy atom. The highest BCUT2D eigenvalue weighted by Gasteiger charge is 2.38. The SMILES string of the molecule is CS(=O)(=O)/C(Nc1cc(C(F)(F)F)cc(C(F)(F)F)c1)=C(/C#N)S(=O)(=O)c1ccc(Cl)cc1. The maximum Gasteiger partial charge on any atom is 0.416 e. The second kappa shape index (κ2) is 8.88. The number of rotatable bonds is 5. The van der Waals surface area contributed by atoms with Crippen LogP contribution >= 0.6 is 11.6 Å². The van der Waals surface area contributed by atoms with E-state index in [2.05, 4.69) is 0 Å². The highest BCUT2D eigenvalue weighted by molar-refractivity contribution is 7.99. The van der Waals surface area contributed by atoms with Crippen LogP contribution in [0.4, 0.5) is 32.0 Å². The lowest BCUT2D eigenvalue weighted by atomic mass is 10.1. The van der Waals surface area contributed by atoms with Crippen LogP contribution in [0.15, 0.2) is 57.3 Å². The molecule has 0 heterocycles. The monoisotopic (exact) mass is 532 g/mol. The number of allylic oxidation sites excluding steroid dienone is 1. The van der Waals surface area contributed by atoms with Crippen LogP contribution in [0.1, 0.15) is 11.1 Å². The molecule has 0 aromatic heterocycles. The third-order valence-electron chi connectivity index (χ3n) is 3.92. The lowest BCUT2D eigenvalue weighted by Crippen LogP contribution is -2.19. The fourth-order valence-electron chi connectivity index (χ4n) is 2.44. The molecule has 0 amide bonds. The quantitative estimate of drug-likeness (QED) is 0.429. The van der Waals surface area contributed by atoms with Crippen molar-refractivity contribution in [1.82, 2.24) is 0 Å². The Bertz CT molecular complexity index is 1330. The van der Waals surface area contributed by atoms with E-state index in [4.69, 9.17) is 11.6 Å². The van der Waals surface area contributed by atoms with E-state index in [1.54, 1.807) is 5.32 Å². The van der Waals surface area contributed by atoms with Gasteiger partial charge >= 0.3 is 12.4 Å². The van der Waals surface area contributed by atoms with E-state index >= 15 is 0 Å². The number of alkyl halides is 6. The second-order valence-electron chi connectivity index (χ2n) is 6.42. The molecule has 0 saturated carbocycles. The molecule has 0 saturated heterocycles. The normalized spacial score (nSPS) is 13.8. The van der Waals surface area contributed by atoms with Gasteiger partial charge in [0.05, 0.1) is 16.0 Å². The Labute approximate surface area is 188 Å². The van der Waals surface area contributed by atoms with Crippen LogP contribution in [0.25, 0.3) is 0 Å². The van der Waals surface area contributed by atoms with Gasteiger partial charge in [0.1, 0.15) is 6.07 Å². The van der Waals surface area contributed by atoms with Gasteiger partial charge in [0, 0.05) is 17.0 Å². The predicted octanol–water partition coefficient (Wildman–Crippen LogP) is 5.00. The molecule has 178 valence electrons. The number of hydrogen-bond acceptors (Lipinski definition) is 6. The van der Waals surface area contributed by atoms with E-state index in [-0.39, 0.29) is 23.2 Å². The van der Waals surface area contributed by atoms with Crippen molar-refractivity contribution in [2.24, 2.45) is 0 Å². The Kier molecular flexibility index (Phi) is 7.13. The molecule has 1 N–H and O–H groups in total. The fraction of sp³-hybridized carbons (Fsp3) is 0.167. The molecule has 6 nitrogen and oxygen atoms in total. The first-order valence-electron chi connectivity index (χ1n) is 8.29. The van der Waals surface area contributed by atoms with Crippen LogP contribution < -0.4 is 5.32 Å². The van der Waals surface area contributed by atoms with Gasteiger partial charge in [0.2, 0.25) is 9.84 Å². The van der Waals surface area contributed by atoms with E-state index < -0.39 is 63.7 Å². The van der Waals surface area contributed by atoms with E-state index in [0.717, 1.165) is 30.3 Å². The van der Waals surface area contributed by atoms with Crippen molar-refractivity contribution in [3.63, 3.8) is 0 Å². The largest absolute Gasteiger partial charge is 0.416 e. The van der Waals surface area contributed by atoms with Crippen LogP contribution in [0.2, 0.25) is 5.02 Å². The average molecular weight is 533 g/mol. The standard InChI is InChI=1S/C18H11ClF6N2O4S2/c1-32(28,29)16(15(9-26)33(30,31)14-4-2-12(19)3-5-14)27-13-7-10(17(20,21)22)6-11(8-13)18(23,24)25/h2-8,27H,1H3/b16-15-.